The van der Waals surface area contributed by atoms with E-state index in [0.717, 1.165) is 37.8 Å². The Bertz CT molecular complexity index is 1140. The van der Waals surface area contributed by atoms with Crippen molar-refractivity contribution in [2.45, 2.75) is 97.2 Å². The number of likely N-dealkylation sites (N-methyl/N-ethyl adjacent to an activating group) is 1. The van der Waals surface area contributed by atoms with Crippen LogP contribution >= 0.6 is 0 Å². The quantitative estimate of drug-likeness (QED) is 0.164. The maximum atomic E-state index is 13.8. The number of amides is 5. The van der Waals surface area contributed by atoms with Crippen LogP contribution in [0.15, 0.2) is 18.2 Å². The predicted octanol–water partition coefficient (Wildman–Crippen LogP) is 3.16. The maximum absolute atomic E-state index is 13.8. The topological polar surface area (TPSA) is 148 Å². The van der Waals surface area contributed by atoms with Crippen molar-refractivity contribution in [2.24, 2.45) is 11.8 Å². The van der Waals surface area contributed by atoms with Gasteiger partial charge < -0.3 is 20.4 Å². The van der Waals surface area contributed by atoms with Crippen LogP contribution in [0.3, 0.4) is 0 Å². The molecule has 1 fully saturated rings. The Morgan fingerprint density at radius 1 is 1.00 bits per heavy atom. The fourth-order valence-corrected chi connectivity index (χ4v) is 5.74. The lowest BCUT2D eigenvalue weighted by molar-refractivity contribution is -0.150. The molecule has 0 radical (unpaired) electrons. The molecular formula is C31H47F2N5O6. The molecule has 1 heterocycles. The van der Waals surface area contributed by atoms with E-state index in [1.807, 2.05) is 20.8 Å². The summed E-state index contributed by atoms with van der Waals surface area (Å²) in [5.74, 6) is -5.14. The number of hydroxylamine groups is 1. The van der Waals surface area contributed by atoms with E-state index < -0.39 is 47.5 Å². The number of hydrogen-bond acceptors (Lipinski definition) is 6. The Hall–Kier alpha value is -3.61. The zero-order chi connectivity index (χ0) is 33.0. The molecule has 4 N–H and O–H groups in total. The molecule has 11 nitrogen and oxygen atoms in total. The van der Waals surface area contributed by atoms with Crippen molar-refractivity contribution >= 4 is 29.5 Å². The van der Waals surface area contributed by atoms with Crippen LogP contribution in [0, 0.1) is 23.5 Å². The van der Waals surface area contributed by atoms with Gasteiger partial charge in [0.05, 0.1) is 0 Å². The molecular weight excluding hydrogens is 576 g/mol. The first-order valence-electron chi connectivity index (χ1n) is 15.5. The fourth-order valence-electron chi connectivity index (χ4n) is 5.74. The first kappa shape index (κ1) is 36.6. The van der Waals surface area contributed by atoms with Crippen LogP contribution in [0.2, 0.25) is 0 Å². The van der Waals surface area contributed by atoms with E-state index in [9.17, 15) is 38.0 Å². The van der Waals surface area contributed by atoms with Crippen LogP contribution in [0.25, 0.3) is 0 Å². The summed E-state index contributed by atoms with van der Waals surface area (Å²) < 4.78 is 27.0. The fraction of sp³-hybridized carbons (Fsp3) is 0.645. The SMILES string of the molecule is CCCC(CCC)C(=O)N1CCC[C@H]1C(=O)N(C)C(C(=O)NC(CCNC(=O)c1cc(F)cc(F)c1)C(=O)NO)C(C)CC. The average molecular weight is 624 g/mol. The average Bonchev–Trinajstić information content (AvgIpc) is 3.48. The minimum absolute atomic E-state index is 0.0369. The molecule has 0 spiro atoms. The lowest BCUT2D eigenvalue weighted by Crippen LogP contribution is -2.59. The smallest absolute Gasteiger partial charge is 0.265 e. The number of rotatable bonds is 16. The third-order valence-electron chi connectivity index (χ3n) is 8.25. The van der Waals surface area contributed by atoms with Crippen molar-refractivity contribution in [1.29, 1.82) is 0 Å². The number of carbonyl (C=O) groups is 5. The number of nitrogens with zero attached hydrogens (tertiary/aromatic N) is 2. The summed E-state index contributed by atoms with van der Waals surface area (Å²) in [7, 11) is 1.51. The molecule has 1 aromatic rings. The molecule has 13 heteroatoms. The third-order valence-corrected chi connectivity index (χ3v) is 8.25. The predicted molar refractivity (Wildman–Crippen MR) is 159 cm³/mol. The van der Waals surface area contributed by atoms with E-state index >= 15 is 0 Å². The highest BCUT2D eigenvalue weighted by atomic mass is 19.1. The number of benzene rings is 1. The van der Waals surface area contributed by atoms with E-state index in [-0.39, 0.29) is 42.2 Å². The molecule has 3 unspecified atom stereocenters. The van der Waals surface area contributed by atoms with Gasteiger partial charge in [0.15, 0.2) is 0 Å². The van der Waals surface area contributed by atoms with Gasteiger partial charge in [0, 0.05) is 37.7 Å². The van der Waals surface area contributed by atoms with E-state index in [4.69, 9.17) is 0 Å². The third kappa shape index (κ3) is 9.70. The standard InChI is InChI=1S/C31H47F2N5O6/c1-6-10-20(11-7-2)30(42)38-15-9-12-25(38)31(43)37(5)26(19(4)8-3)29(41)35-24(28(40)36-44)13-14-34-27(39)21-16-22(32)18-23(33)17-21/h16-20,24-26,44H,6-15H2,1-5H3,(H,34,39)(H,35,41)(H,36,40)/t19?,24?,25-,26?/m0/s1. The number of halogens is 2. The highest BCUT2D eigenvalue weighted by Crippen LogP contribution is 2.27. The molecule has 4 atom stereocenters. The molecule has 1 aliphatic rings. The first-order chi connectivity index (χ1) is 20.9. The molecule has 2 rings (SSSR count). The Morgan fingerprint density at radius 3 is 2.16 bits per heavy atom. The molecule has 0 saturated carbocycles. The summed E-state index contributed by atoms with van der Waals surface area (Å²) in [4.78, 5) is 68.6. The number of carbonyl (C=O) groups excluding carboxylic acids is 5. The Kier molecular flexibility index (Phi) is 14.7. The number of nitrogens with one attached hydrogen (secondary N) is 3. The van der Waals surface area contributed by atoms with Crippen LogP contribution in [0.5, 0.6) is 0 Å². The van der Waals surface area contributed by atoms with Crippen LogP contribution < -0.4 is 16.1 Å². The molecule has 0 aromatic heterocycles. The molecule has 1 aliphatic heterocycles. The summed E-state index contributed by atoms with van der Waals surface area (Å²) in [5, 5.41) is 14.3. The number of likely N-dealkylation sites (tertiary alicyclic amines) is 1. The highest BCUT2D eigenvalue weighted by molar-refractivity contribution is 5.95. The monoisotopic (exact) mass is 623 g/mol. The van der Waals surface area contributed by atoms with Crippen molar-refractivity contribution < 1.29 is 38.0 Å². The molecule has 44 heavy (non-hydrogen) atoms. The van der Waals surface area contributed by atoms with Crippen molar-refractivity contribution in [1.82, 2.24) is 25.9 Å². The molecule has 1 aromatic carbocycles. The summed E-state index contributed by atoms with van der Waals surface area (Å²) in [6, 6.07) is -0.654. The van der Waals surface area contributed by atoms with Crippen LogP contribution in [-0.2, 0) is 19.2 Å². The Morgan fingerprint density at radius 2 is 1.61 bits per heavy atom. The lowest BCUT2D eigenvalue weighted by atomic mass is 9.94. The van der Waals surface area contributed by atoms with Crippen molar-refractivity contribution in [2.75, 3.05) is 20.1 Å². The van der Waals surface area contributed by atoms with Gasteiger partial charge in [-0.15, -0.1) is 0 Å². The molecule has 5 amide bonds. The molecule has 1 saturated heterocycles. The molecule has 0 aliphatic carbocycles. The second-order valence-electron chi connectivity index (χ2n) is 11.5. The van der Waals surface area contributed by atoms with Crippen molar-refractivity contribution in [3.8, 4) is 0 Å². The van der Waals surface area contributed by atoms with Gasteiger partial charge in [0.2, 0.25) is 17.7 Å². The summed E-state index contributed by atoms with van der Waals surface area (Å²) in [6.45, 7) is 7.99. The van der Waals surface area contributed by atoms with E-state index in [1.54, 1.807) is 11.8 Å². The maximum Gasteiger partial charge on any atom is 0.265 e. The number of hydrogen-bond donors (Lipinski definition) is 4. The molecule has 0 bridgehead atoms. The second kappa shape index (κ2) is 17.6. The molecule has 246 valence electrons. The lowest BCUT2D eigenvalue weighted by Gasteiger charge is -2.36. The van der Waals surface area contributed by atoms with E-state index in [1.165, 1.54) is 17.4 Å². The van der Waals surface area contributed by atoms with Crippen molar-refractivity contribution in [3.05, 3.63) is 35.4 Å². The first-order valence-corrected chi connectivity index (χ1v) is 15.5. The van der Waals surface area contributed by atoms with Crippen LogP contribution in [0.4, 0.5) is 8.78 Å². The van der Waals surface area contributed by atoms with Crippen LogP contribution in [0.1, 0.15) is 89.4 Å². The van der Waals surface area contributed by atoms with Gasteiger partial charge in [-0.2, -0.15) is 0 Å². The highest BCUT2D eigenvalue weighted by Gasteiger charge is 2.42. The largest absolute Gasteiger partial charge is 0.352 e. The second-order valence-corrected chi connectivity index (χ2v) is 11.5. The minimum atomic E-state index is -1.31. The van der Waals surface area contributed by atoms with Crippen molar-refractivity contribution in [3.63, 3.8) is 0 Å². The van der Waals surface area contributed by atoms with Gasteiger partial charge in [0.25, 0.3) is 11.8 Å². The van der Waals surface area contributed by atoms with Gasteiger partial charge in [-0.25, -0.2) is 14.3 Å². The van der Waals surface area contributed by atoms with E-state index in [2.05, 4.69) is 10.6 Å². The summed E-state index contributed by atoms with van der Waals surface area (Å²) in [5.41, 5.74) is 1.23. The zero-order valence-corrected chi connectivity index (χ0v) is 26.3. The van der Waals surface area contributed by atoms with Gasteiger partial charge >= 0.3 is 0 Å². The Balaban J connectivity index is 2.17. The van der Waals surface area contributed by atoms with Gasteiger partial charge in [-0.1, -0.05) is 47.0 Å². The normalized spacial score (nSPS) is 16.7. The van der Waals surface area contributed by atoms with E-state index in [0.29, 0.717) is 31.9 Å². The summed E-state index contributed by atoms with van der Waals surface area (Å²) >= 11 is 0. The Labute approximate surface area is 258 Å². The zero-order valence-electron chi connectivity index (χ0n) is 26.3. The van der Waals surface area contributed by atoms with Gasteiger partial charge in [0.1, 0.15) is 29.8 Å². The van der Waals surface area contributed by atoms with Gasteiger partial charge in [-0.05, 0) is 50.2 Å². The summed E-state index contributed by atoms with van der Waals surface area (Å²) in [6.07, 6.45) is 4.71. The van der Waals surface area contributed by atoms with Gasteiger partial charge in [-0.3, -0.25) is 29.2 Å². The minimum Gasteiger partial charge on any atom is -0.352 e. The van der Waals surface area contributed by atoms with Crippen LogP contribution in [-0.4, -0.2) is 82.8 Å².